The van der Waals surface area contributed by atoms with Crippen LogP contribution >= 0.6 is 0 Å². The van der Waals surface area contributed by atoms with Crippen molar-refractivity contribution >= 4 is 23.0 Å². The van der Waals surface area contributed by atoms with Gasteiger partial charge in [-0.2, -0.15) is 0 Å². The number of nitro groups is 1. The van der Waals surface area contributed by atoms with Crippen molar-refractivity contribution < 1.29 is 9.72 Å². The lowest BCUT2D eigenvalue weighted by atomic mass is 10.1. The number of pyridine rings is 1. The number of para-hydroxylation sites is 1. The van der Waals surface area contributed by atoms with Crippen LogP contribution in [0.15, 0.2) is 42.7 Å². The summed E-state index contributed by atoms with van der Waals surface area (Å²) in [5.74, 6) is -0.506. The molecule has 0 spiro atoms. The molecule has 1 fully saturated rings. The lowest BCUT2D eigenvalue weighted by Gasteiger charge is -2.30. The number of anilines is 2. The Morgan fingerprint density at radius 3 is 2.67 bits per heavy atom. The SMILES string of the molecule is O=C(Nc1cnccc1N1CCCCC1)c1ccccc1[N+](=O)[O-]. The second kappa shape index (κ2) is 7.08. The van der Waals surface area contributed by atoms with Crippen LogP contribution in [-0.4, -0.2) is 28.9 Å². The Hall–Kier alpha value is -2.96. The van der Waals surface area contributed by atoms with E-state index in [-0.39, 0.29) is 11.3 Å². The first-order valence-corrected chi connectivity index (χ1v) is 7.90. The molecule has 0 unspecified atom stereocenters. The second-order valence-corrected chi connectivity index (χ2v) is 5.67. The molecule has 2 aromatic rings. The zero-order chi connectivity index (χ0) is 16.9. The van der Waals surface area contributed by atoms with Crippen LogP contribution in [-0.2, 0) is 0 Å². The van der Waals surface area contributed by atoms with Crippen molar-refractivity contribution in [2.75, 3.05) is 23.3 Å². The van der Waals surface area contributed by atoms with Crippen LogP contribution in [0, 0.1) is 10.1 Å². The number of piperidine rings is 1. The van der Waals surface area contributed by atoms with Crippen LogP contribution in [0.1, 0.15) is 29.6 Å². The fourth-order valence-electron chi connectivity index (χ4n) is 2.91. The van der Waals surface area contributed by atoms with Crippen molar-refractivity contribution in [2.45, 2.75) is 19.3 Å². The van der Waals surface area contributed by atoms with Gasteiger partial charge in [0.1, 0.15) is 5.56 Å². The molecule has 0 atom stereocenters. The maximum atomic E-state index is 12.5. The van der Waals surface area contributed by atoms with Gasteiger partial charge in [-0.15, -0.1) is 0 Å². The third-order valence-electron chi connectivity index (χ3n) is 4.09. The summed E-state index contributed by atoms with van der Waals surface area (Å²) in [5, 5.41) is 13.9. The molecule has 0 radical (unpaired) electrons. The minimum Gasteiger partial charge on any atom is -0.370 e. The number of rotatable bonds is 4. The molecule has 7 nitrogen and oxygen atoms in total. The third kappa shape index (κ3) is 3.34. The molecule has 7 heteroatoms. The summed E-state index contributed by atoms with van der Waals surface area (Å²) < 4.78 is 0. The number of aromatic nitrogens is 1. The number of nitro benzene ring substituents is 1. The van der Waals surface area contributed by atoms with Gasteiger partial charge in [-0.3, -0.25) is 19.9 Å². The van der Waals surface area contributed by atoms with Crippen LogP contribution in [0.2, 0.25) is 0 Å². The fraction of sp³-hybridized carbons (Fsp3) is 0.294. The largest absolute Gasteiger partial charge is 0.370 e. The zero-order valence-electron chi connectivity index (χ0n) is 13.1. The molecule has 124 valence electrons. The van der Waals surface area contributed by atoms with Gasteiger partial charge < -0.3 is 10.2 Å². The molecule has 1 saturated heterocycles. The van der Waals surface area contributed by atoms with E-state index >= 15 is 0 Å². The Labute approximate surface area is 139 Å². The fourth-order valence-corrected chi connectivity index (χ4v) is 2.91. The minimum absolute atomic E-state index is 0.0379. The van der Waals surface area contributed by atoms with E-state index in [0.717, 1.165) is 31.6 Å². The summed E-state index contributed by atoms with van der Waals surface area (Å²) in [5.41, 5.74) is 1.30. The molecule has 0 saturated carbocycles. The highest BCUT2D eigenvalue weighted by Crippen LogP contribution is 2.28. The first-order chi connectivity index (χ1) is 11.7. The minimum atomic E-state index is -0.552. The van der Waals surface area contributed by atoms with Crippen molar-refractivity contribution in [3.05, 3.63) is 58.4 Å². The number of hydrogen-bond donors (Lipinski definition) is 1. The molecule has 2 heterocycles. The van der Waals surface area contributed by atoms with Gasteiger partial charge in [0.2, 0.25) is 0 Å². The van der Waals surface area contributed by atoms with E-state index in [1.165, 1.54) is 24.6 Å². The van der Waals surface area contributed by atoms with E-state index in [2.05, 4.69) is 15.2 Å². The Morgan fingerprint density at radius 1 is 1.17 bits per heavy atom. The Bertz CT molecular complexity index is 757. The van der Waals surface area contributed by atoms with E-state index in [0.29, 0.717) is 5.69 Å². The number of amides is 1. The van der Waals surface area contributed by atoms with E-state index in [9.17, 15) is 14.9 Å². The molecule has 0 bridgehead atoms. The maximum absolute atomic E-state index is 12.5. The highest BCUT2D eigenvalue weighted by Gasteiger charge is 2.21. The summed E-state index contributed by atoms with van der Waals surface area (Å²) in [6.45, 7) is 1.86. The van der Waals surface area contributed by atoms with Gasteiger partial charge in [-0.25, -0.2) is 0 Å². The molecule has 1 aliphatic rings. The van der Waals surface area contributed by atoms with Gasteiger partial charge in [-0.05, 0) is 31.4 Å². The Morgan fingerprint density at radius 2 is 1.92 bits per heavy atom. The predicted octanol–water partition coefficient (Wildman–Crippen LogP) is 3.23. The molecule has 24 heavy (non-hydrogen) atoms. The first-order valence-electron chi connectivity index (χ1n) is 7.90. The van der Waals surface area contributed by atoms with Crippen LogP contribution in [0.3, 0.4) is 0 Å². The summed E-state index contributed by atoms with van der Waals surface area (Å²) in [6.07, 6.45) is 6.69. The summed E-state index contributed by atoms with van der Waals surface area (Å²) >= 11 is 0. The highest BCUT2D eigenvalue weighted by atomic mass is 16.6. The smallest absolute Gasteiger partial charge is 0.282 e. The molecule has 3 rings (SSSR count). The number of benzene rings is 1. The molecular weight excluding hydrogens is 308 g/mol. The van der Waals surface area contributed by atoms with Gasteiger partial charge in [0.05, 0.1) is 22.5 Å². The first kappa shape index (κ1) is 15.9. The molecule has 0 aliphatic carbocycles. The van der Waals surface area contributed by atoms with E-state index in [1.54, 1.807) is 18.5 Å². The molecule has 1 aliphatic heterocycles. The lowest BCUT2D eigenvalue weighted by molar-refractivity contribution is -0.385. The van der Waals surface area contributed by atoms with Gasteiger partial charge in [0.15, 0.2) is 0 Å². The van der Waals surface area contributed by atoms with Crippen molar-refractivity contribution in [1.29, 1.82) is 0 Å². The lowest BCUT2D eigenvalue weighted by Crippen LogP contribution is -2.30. The number of hydrogen-bond acceptors (Lipinski definition) is 5. The molecule has 1 amide bonds. The number of nitrogens with zero attached hydrogens (tertiary/aromatic N) is 3. The summed E-state index contributed by atoms with van der Waals surface area (Å²) in [6, 6.07) is 7.78. The number of carbonyl (C=O) groups excluding carboxylic acids is 1. The van der Waals surface area contributed by atoms with Crippen molar-refractivity contribution in [3.63, 3.8) is 0 Å². The van der Waals surface area contributed by atoms with Crippen LogP contribution < -0.4 is 10.2 Å². The van der Waals surface area contributed by atoms with E-state index in [1.807, 2.05) is 6.07 Å². The molecule has 1 aromatic heterocycles. The highest BCUT2D eigenvalue weighted by molar-refractivity contribution is 6.08. The Kier molecular flexibility index (Phi) is 4.69. The monoisotopic (exact) mass is 326 g/mol. The van der Waals surface area contributed by atoms with Crippen LogP contribution in [0.5, 0.6) is 0 Å². The van der Waals surface area contributed by atoms with E-state index in [4.69, 9.17) is 0 Å². The average molecular weight is 326 g/mol. The zero-order valence-corrected chi connectivity index (χ0v) is 13.1. The molecule has 1 aromatic carbocycles. The third-order valence-corrected chi connectivity index (χ3v) is 4.09. The van der Waals surface area contributed by atoms with E-state index < -0.39 is 10.8 Å². The van der Waals surface area contributed by atoms with Gasteiger partial charge in [0, 0.05) is 25.4 Å². The van der Waals surface area contributed by atoms with Crippen LogP contribution in [0.4, 0.5) is 17.1 Å². The number of carbonyl (C=O) groups is 1. The quantitative estimate of drug-likeness (QED) is 0.688. The predicted molar refractivity (Wildman–Crippen MR) is 91.4 cm³/mol. The standard InChI is InChI=1S/C17H18N4O3/c22-17(13-6-2-3-7-15(13)21(23)24)19-14-12-18-9-8-16(14)20-10-4-1-5-11-20/h2-3,6-9,12H,1,4-5,10-11H2,(H,19,22). The molecular formula is C17H18N4O3. The van der Waals surface area contributed by atoms with Crippen molar-refractivity contribution in [3.8, 4) is 0 Å². The van der Waals surface area contributed by atoms with Gasteiger partial charge >= 0.3 is 0 Å². The van der Waals surface area contributed by atoms with Crippen LogP contribution in [0.25, 0.3) is 0 Å². The summed E-state index contributed by atoms with van der Waals surface area (Å²) in [7, 11) is 0. The van der Waals surface area contributed by atoms with Crippen molar-refractivity contribution in [2.24, 2.45) is 0 Å². The van der Waals surface area contributed by atoms with Gasteiger partial charge in [0.25, 0.3) is 11.6 Å². The maximum Gasteiger partial charge on any atom is 0.282 e. The average Bonchev–Trinajstić information content (AvgIpc) is 2.63. The topological polar surface area (TPSA) is 88.4 Å². The van der Waals surface area contributed by atoms with Crippen molar-refractivity contribution in [1.82, 2.24) is 4.98 Å². The number of nitrogens with one attached hydrogen (secondary N) is 1. The molecule has 1 N–H and O–H groups in total. The van der Waals surface area contributed by atoms with Gasteiger partial charge in [-0.1, -0.05) is 12.1 Å². The summed E-state index contributed by atoms with van der Waals surface area (Å²) in [4.78, 5) is 29.3. The Balaban J connectivity index is 1.86. The normalized spacial score (nSPS) is 14.2. The second-order valence-electron chi connectivity index (χ2n) is 5.67.